The quantitative estimate of drug-likeness (QED) is 0.845. The Labute approximate surface area is 145 Å². The van der Waals surface area contributed by atoms with Gasteiger partial charge in [-0.25, -0.2) is 9.97 Å². The summed E-state index contributed by atoms with van der Waals surface area (Å²) >= 11 is 0. The van der Waals surface area contributed by atoms with Gasteiger partial charge in [0.05, 0.1) is 6.61 Å². The van der Waals surface area contributed by atoms with Gasteiger partial charge in [0.2, 0.25) is 5.95 Å². The topological polar surface area (TPSA) is 55.7 Å². The summed E-state index contributed by atoms with van der Waals surface area (Å²) in [5, 5.41) is 9.99. The van der Waals surface area contributed by atoms with E-state index in [-0.39, 0.29) is 5.41 Å². The van der Waals surface area contributed by atoms with Crippen molar-refractivity contribution in [2.24, 2.45) is 5.41 Å². The number of piperidine rings is 1. The summed E-state index contributed by atoms with van der Waals surface area (Å²) in [6.45, 7) is 6.80. The van der Waals surface area contributed by atoms with Gasteiger partial charge in [-0.3, -0.25) is 4.90 Å². The van der Waals surface area contributed by atoms with Gasteiger partial charge in [0.15, 0.2) is 0 Å². The minimum atomic E-state index is 0.103. The highest BCUT2D eigenvalue weighted by Crippen LogP contribution is 2.33. The minimum absolute atomic E-state index is 0.103. The van der Waals surface area contributed by atoms with Crippen molar-refractivity contribution in [1.29, 1.82) is 0 Å². The fourth-order valence-electron chi connectivity index (χ4n) is 3.89. The predicted molar refractivity (Wildman–Crippen MR) is 96.1 cm³/mol. The molecule has 1 aromatic rings. The molecule has 0 spiro atoms. The Morgan fingerprint density at radius 3 is 2.21 bits per heavy atom. The van der Waals surface area contributed by atoms with Crippen molar-refractivity contribution in [3.05, 3.63) is 18.0 Å². The Bertz CT molecular complexity index is 505. The van der Waals surface area contributed by atoms with Crippen molar-refractivity contribution >= 4 is 5.95 Å². The molecule has 6 nitrogen and oxygen atoms in total. The highest BCUT2D eigenvalue weighted by molar-refractivity contribution is 5.26. The fourth-order valence-corrected chi connectivity index (χ4v) is 3.89. The van der Waals surface area contributed by atoms with Crippen molar-refractivity contribution in [3.63, 3.8) is 0 Å². The summed E-state index contributed by atoms with van der Waals surface area (Å²) in [5.41, 5.74) is 1.27. The van der Waals surface area contributed by atoms with Crippen LogP contribution in [0.3, 0.4) is 0 Å². The maximum absolute atomic E-state index is 9.99. The van der Waals surface area contributed by atoms with Crippen LogP contribution in [0.15, 0.2) is 12.4 Å². The normalized spacial score (nSPS) is 22.0. The minimum Gasteiger partial charge on any atom is -0.396 e. The summed E-state index contributed by atoms with van der Waals surface area (Å²) in [6, 6.07) is 0. The molecule has 24 heavy (non-hydrogen) atoms. The van der Waals surface area contributed by atoms with E-state index >= 15 is 0 Å². The van der Waals surface area contributed by atoms with Crippen LogP contribution >= 0.6 is 0 Å². The number of rotatable bonds is 6. The third-order valence-corrected chi connectivity index (χ3v) is 5.51. The van der Waals surface area contributed by atoms with Crippen LogP contribution in [0, 0.1) is 5.41 Å². The third-order valence-electron chi connectivity index (χ3n) is 5.51. The lowest BCUT2D eigenvalue weighted by atomic mass is 9.78. The molecule has 2 aliphatic rings. The van der Waals surface area contributed by atoms with E-state index in [2.05, 4.69) is 19.8 Å². The van der Waals surface area contributed by atoms with Gasteiger partial charge in [-0.15, -0.1) is 0 Å². The van der Waals surface area contributed by atoms with E-state index in [1.807, 2.05) is 31.4 Å². The molecule has 0 bridgehead atoms. The van der Waals surface area contributed by atoms with Crippen LogP contribution in [-0.2, 0) is 6.54 Å². The van der Waals surface area contributed by atoms with E-state index in [1.54, 1.807) is 0 Å². The summed E-state index contributed by atoms with van der Waals surface area (Å²) in [7, 11) is 3.91. The lowest BCUT2D eigenvalue weighted by Crippen LogP contribution is -2.47. The Morgan fingerprint density at radius 2 is 1.67 bits per heavy atom. The first-order chi connectivity index (χ1) is 11.6. The Hall–Kier alpha value is -1.24. The lowest BCUT2D eigenvalue weighted by molar-refractivity contribution is 0.0164. The van der Waals surface area contributed by atoms with Gasteiger partial charge in [-0.05, 0) is 51.9 Å². The molecule has 0 aliphatic carbocycles. The standard InChI is InChI=1S/C18H31N5O/c1-21(2)17-19-11-16(12-20-17)13-22-9-5-18(15-24,6-10-22)14-23-7-3-4-8-23/h11-12,24H,3-10,13-15H2,1-2H3. The zero-order valence-corrected chi connectivity index (χ0v) is 15.1. The molecule has 2 saturated heterocycles. The average molecular weight is 333 g/mol. The molecular formula is C18H31N5O. The van der Waals surface area contributed by atoms with Gasteiger partial charge in [0.25, 0.3) is 0 Å². The summed E-state index contributed by atoms with van der Waals surface area (Å²) in [4.78, 5) is 15.7. The molecule has 1 aromatic heterocycles. The van der Waals surface area contributed by atoms with E-state index in [9.17, 15) is 5.11 Å². The molecule has 3 rings (SSSR count). The molecule has 2 fully saturated rings. The van der Waals surface area contributed by atoms with Gasteiger partial charge in [-0.1, -0.05) is 0 Å². The van der Waals surface area contributed by atoms with E-state index in [0.29, 0.717) is 6.61 Å². The molecule has 0 aromatic carbocycles. The summed E-state index contributed by atoms with van der Waals surface area (Å²) in [5.74, 6) is 0.752. The molecule has 134 valence electrons. The third kappa shape index (κ3) is 4.23. The van der Waals surface area contributed by atoms with Crippen molar-refractivity contribution in [3.8, 4) is 0 Å². The summed E-state index contributed by atoms with van der Waals surface area (Å²) in [6.07, 6.45) is 8.65. The van der Waals surface area contributed by atoms with Gasteiger partial charge in [0.1, 0.15) is 0 Å². The van der Waals surface area contributed by atoms with E-state index in [1.165, 1.54) is 25.9 Å². The molecule has 6 heteroatoms. The molecule has 0 atom stereocenters. The molecule has 3 heterocycles. The van der Waals surface area contributed by atoms with Gasteiger partial charge in [0, 0.05) is 50.6 Å². The molecule has 0 amide bonds. The van der Waals surface area contributed by atoms with Crippen molar-refractivity contribution in [2.45, 2.75) is 32.2 Å². The van der Waals surface area contributed by atoms with Crippen LogP contribution in [0.1, 0.15) is 31.2 Å². The van der Waals surface area contributed by atoms with Crippen LogP contribution in [0.25, 0.3) is 0 Å². The average Bonchev–Trinajstić information content (AvgIpc) is 3.10. The Morgan fingerprint density at radius 1 is 1.04 bits per heavy atom. The number of anilines is 1. The first-order valence-corrected chi connectivity index (χ1v) is 9.14. The van der Waals surface area contributed by atoms with Gasteiger partial charge in [-0.2, -0.15) is 0 Å². The van der Waals surface area contributed by atoms with Crippen molar-refractivity contribution in [2.75, 3.05) is 58.3 Å². The van der Waals surface area contributed by atoms with Crippen LogP contribution in [0.5, 0.6) is 0 Å². The Balaban J connectivity index is 1.51. The number of aliphatic hydroxyl groups is 1. The first-order valence-electron chi connectivity index (χ1n) is 9.14. The maximum atomic E-state index is 9.99. The number of likely N-dealkylation sites (tertiary alicyclic amines) is 2. The van der Waals surface area contributed by atoms with E-state index in [4.69, 9.17) is 0 Å². The zero-order chi connectivity index (χ0) is 17.0. The largest absolute Gasteiger partial charge is 0.396 e. The number of aliphatic hydroxyl groups excluding tert-OH is 1. The molecule has 0 unspecified atom stereocenters. The molecule has 0 radical (unpaired) electrons. The van der Waals surface area contributed by atoms with Crippen LogP contribution in [0.2, 0.25) is 0 Å². The van der Waals surface area contributed by atoms with Crippen LogP contribution in [-0.4, -0.2) is 78.3 Å². The molecule has 0 saturated carbocycles. The smallest absolute Gasteiger partial charge is 0.224 e. The second kappa shape index (κ2) is 7.76. The molecular weight excluding hydrogens is 302 g/mol. The maximum Gasteiger partial charge on any atom is 0.224 e. The van der Waals surface area contributed by atoms with E-state index in [0.717, 1.165) is 50.5 Å². The fraction of sp³-hybridized carbons (Fsp3) is 0.778. The first kappa shape index (κ1) is 17.6. The van der Waals surface area contributed by atoms with Gasteiger partial charge < -0.3 is 14.9 Å². The SMILES string of the molecule is CN(C)c1ncc(CN2CCC(CO)(CN3CCCC3)CC2)cn1. The number of nitrogens with zero attached hydrogens (tertiary/aromatic N) is 5. The predicted octanol–water partition coefficient (Wildman–Crippen LogP) is 1.21. The second-order valence-corrected chi connectivity index (χ2v) is 7.70. The zero-order valence-electron chi connectivity index (χ0n) is 15.1. The molecule has 2 aliphatic heterocycles. The van der Waals surface area contributed by atoms with Crippen LogP contribution in [0.4, 0.5) is 5.95 Å². The Kier molecular flexibility index (Phi) is 5.69. The second-order valence-electron chi connectivity index (χ2n) is 7.70. The molecule has 1 N–H and O–H groups in total. The van der Waals surface area contributed by atoms with Gasteiger partial charge >= 0.3 is 0 Å². The van der Waals surface area contributed by atoms with Crippen LogP contribution < -0.4 is 4.90 Å². The lowest BCUT2D eigenvalue weighted by Gasteiger charge is -2.42. The van der Waals surface area contributed by atoms with E-state index < -0.39 is 0 Å². The number of aromatic nitrogens is 2. The number of hydrogen-bond acceptors (Lipinski definition) is 6. The summed E-state index contributed by atoms with van der Waals surface area (Å²) < 4.78 is 0. The highest BCUT2D eigenvalue weighted by Gasteiger charge is 2.36. The van der Waals surface area contributed by atoms with Crippen molar-refractivity contribution in [1.82, 2.24) is 19.8 Å². The monoisotopic (exact) mass is 333 g/mol. The van der Waals surface area contributed by atoms with Crippen molar-refractivity contribution < 1.29 is 5.11 Å². The highest BCUT2D eigenvalue weighted by atomic mass is 16.3. The number of hydrogen-bond donors (Lipinski definition) is 1.